The summed E-state index contributed by atoms with van der Waals surface area (Å²) in [4.78, 5) is 54.4. The Hall–Kier alpha value is -4.42. The maximum atomic E-state index is 14.0. The number of aryl methyl sites for hydroxylation is 1. The lowest BCUT2D eigenvalue weighted by atomic mass is 9.96. The number of carbonyl (C=O) groups is 4. The van der Waals surface area contributed by atoms with Crippen molar-refractivity contribution in [2.45, 2.75) is 66.0 Å². The molecule has 0 bridgehead atoms. The summed E-state index contributed by atoms with van der Waals surface area (Å²) >= 11 is 0. The number of amides is 2. The predicted octanol–water partition coefficient (Wildman–Crippen LogP) is 4.98. The maximum absolute atomic E-state index is 14.0. The number of fused-ring (bicyclic) bond motifs is 1. The molecule has 9 nitrogen and oxygen atoms in total. The number of hydrogen-bond donors (Lipinski definition) is 4. The summed E-state index contributed by atoms with van der Waals surface area (Å²) in [6.45, 7) is 8.29. The van der Waals surface area contributed by atoms with Gasteiger partial charge in [0.15, 0.2) is 23.2 Å². The van der Waals surface area contributed by atoms with Crippen molar-refractivity contribution in [1.82, 2.24) is 15.6 Å². The SMILES string of the molecule is Cc1cccc2[nH]c(C(=O)N[C@@H](CC(C)C)C(=O)NC(CC(=O)O)C(=O)COc3c(F)c(F)cc(F)c3F)c(CC(C)C)c12. The maximum Gasteiger partial charge on any atom is 0.305 e. The molecule has 0 spiro atoms. The summed E-state index contributed by atoms with van der Waals surface area (Å²) in [6, 6.07) is 2.59. The fraction of sp³-hybridized carbons (Fsp3) is 0.419. The van der Waals surface area contributed by atoms with Crippen LogP contribution < -0.4 is 15.4 Å². The van der Waals surface area contributed by atoms with Crippen LogP contribution in [-0.2, 0) is 20.8 Å². The number of benzene rings is 2. The zero-order chi connectivity index (χ0) is 32.9. The van der Waals surface area contributed by atoms with E-state index in [9.17, 15) is 41.8 Å². The minimum Gasteiger partial charge on any atom is -0.481 e. The standard InChI is InChI=1S/C31H35F4N3O6/c1-14(2)9-17-25-16(5)7-6-8-20(25)36-28(17)31(43)38-22(10-15(3)4)30(42)37-21(12-24(40)41)23(39)13-44-29-26(34)18(32)11-19(33)27(29)35/h6-8,11,14-15,21-22,36H,9-10,12-13H2,1-5H3,(H,37,42)(H,38,43)(H,40,41)/t21?,22-/m0/s1. The van der Waals surface area contributed by atoms with E-state index in [0.29, 0.717) is 6.42 Å². The van der Waals surface area contributed by atoms with Gasteiger partial charge >= 0.3 is 5.97 Å². The lowest BCUT2D eigenvalue weighted by Crippen LogP contribution is -2.53. The molecule has 0 aliphatic carbocycles. The van der Waals surface area contributed by atoms with Gasteiger partial charge in [0.2, 0.25) is 17.5 Å². The van der Waals surface area contributed by atoms with E-state index in [1.807, 2.05) is 39.0 Å². The van der Waals surface area contributed by atoms with Gasteiger partial charge in [-0.2, -0.15) is 8.78 Å². The Morgan fingerprint density at radius 2 is 1.57 bits per heavy atom. The zero-order valence-electron chi connectivity index (χ0n) is 24.9. The lowest BCUT2D eigenvalue weighted by Gasteiger charge is -2.23. The van der Waals surface area contributed by atoms with Gasteiger partial charge < -0.3 is 25.5 Å². The van der Waals surface area contributed by atoms with Crippen molar-refractivity contribution < 1.29 is 46.6 Å². The molecule has 2 aromatic carbocycles. The van der Waals surface area contributed by atoms with Gasteiger partial charge in [-0.1, -0.05) is 39.8 Å². The smallest absolute Gasteiger partial charge is 0.305 e. The minimum absolute atomic E-state index is 0.0429. The molecule has 2 amide bonds. The van der Waals surface area contributed by atoms with Gasteiger partial charge in [0, 0.05) is 17.0 Å². The summed E-state index contributed by atoms with van der Waals surface area (Å²) in [5.74, 6) is -12.9. The third-order valence-corrected chi connectivity index (χ3v) is 6.82. The fourth-order valence-corrected chi connectivity index (χ4v) is 4.86. The summed E-state index contributed by atoms with van der Waals surface area (Å²) in [7, 11) is 0. The number of aliphatic carboxylic acids is 1. The van der Waals surface area contributed by atoms with E-state index in [0.717, 1.165) is 22.0 Å². The summed E-state index contributed by atoms with van der Waals surface area (Å²) in [6.07, 6.45) is -0.265. The Morgan fingerprint density at radius 3 is 2.14 bits per heavy atom. The highest BCUT2D eigenvalue weighted by Crippen LogP contribution is 2.29. The molecular formula is C31H35F4N3O6. The second kappa shape index (κ2) is 14.4. The summed E-state index contributed by atoms with van der Waals surface area (Å²) in [5.41, 5.74) is 2.75. The summed E-state index contributed by atoms with van der Waals surface area (Å²) in [5, 5.41) is 15.2. The molecule has 2 atom stereocenters. The molecule has 0 aliphatic rings. The van der Waals surface area contributed by atoms with Gasteiger partial charge in [0.25, 0.3) is 5.91 Å². The molecule has 0 fully saturated rings. The van der Waals surface area contributed by atoms with Crippen LogP contribution in [0, 0.1) is 42.0 Å². The van der Waals surface area contributed by atoms with Gasteiger partial charge in [-0.25, -0.2) is 8.78 Å². The van der Waals surface area contributed by atoms with Crippen molar-refractivity contribution in [3.63, 3.8) is 0 Å². The van der Waals surface area contributed by atoms with Crippen LogP contribution in [0.4, 0.5) is 17.6 Å². The molecular weight excluding hydrogens is 586 g/mol. The van der Waals surface area contributed by atoms with Crippen LogP contribution in [0.25, 0.3) is 10.9 Å². The molecule has 1 heterocycles. The molecule has 0 saturated carbocycles. The van der Waals surface area contributed by atoms with Crippen LogP contribution >= 0.6 is 0 Å². The number of ether oxygens (including phenoxy) is 1. The van der Waals surface area contributed by atoms with Crippen LogP contribution in [0.1, 0.15) is 62.2 Å². The number of ketones is 1. The fourth-order valence-electron chi connectivity index (χ4n) is 4.86. The monoisotopic (exact) mass is 621 g/mol. The molecule has 44 heavy (non-hydrogen) atoms. The van der Waals surface area contributed by atoms with Crippen molar-refractivity contribution in [2.75, 3.05) is 6.61 Å². The Morgan fingerprint density at radius 1 is 0.932 bits per heavy atom. The van der Waals surface area contributed by atoms with E-state index in [1.165, 1.54) is 0 Å². The lowest BCUT2D eigenvalue weighted by molar-refractivity contribution is -0.140. The molecule has 1 aromatic heterocycles. The highest BCUT2D eigenvalue weighted by molar-refractivity contribution is 6.04. The summed E-state index contributed by atoms with van der Waals surface area (Å²) < 4.78 is 59.6. The number of nitrogens with one attached hydrogen (secondary N) is 3. The largest absolute Gasteiger partial charge is 0.481 e. The van der Waals surface area contributed by atoms with Crippen molar-refractivity contribution in [3.05, 3.63) is 64.4 Å². The van der Waals surface area contributed by atoms with E-state index in [1.54, 1.807) is 13.8 Å². The second-order valence-corrected chi connectivity index (χ2v) is 11.4. The quantitative estimate of drug-likeness (QED) is 0.148. The number of carboxylic acid groups (broad SMARTS) is 1. The Labute approximate surface area is 251 Å². The molecule has 4 N–H and O–H groups in total. The van der Waals surface area contributed by atoms with Gasteiger partial charge in [0.1, 0.15) is 24.4 Å². The number of halogens is 4. The molecule has 1 unspecified atom stereocenters. The van der Waals surface area contributed by atoms with Crippen LogP contribution in [0.3, 0.4) is 0 Å². The third kappa shape index (κ3) is 8.14. The first kappa shape index (κ1) is 34.1. The number of carbonyl (C=O) groups excluding carboxylic acids is 3. The van der Waals surface area contributed by atoms with Crippen LogP contribution in [0.2, 0.25) is 0 Å². The van der Waals surface area contributed by atoms with Gasteiger partial charge in [-0.3, -0.25) is 19.2 Å². The number of hydrogen-bond acceptors (Lipinski definition) is 5. The van der Waals surface area contributed by atoms with E-state index < -0.39 is 77.7 Å². The predicted molar refractivity (Wildman–Crippen MR) is 153 cm³/mol. The minimum atomic E-state index is -1.89. The highest BCUT2D eigenvalue weighted by atomic mass is 19.2. The molecule has 0 radical (unpaired) electrons. The first-order valence-electron chi connectivity index (χ1n) is 14.0. The average molecular weight is 622 g/mol. The number of rotatable bonds is 14. The topological polar surface area (TPSA) is 138 Å². The Kier molecular flexibility index (Phi) is 11.1. The Balaban J connectivity index is 1.84. The molecule has 0 aliphatic heterocycles. The van der Waals surface area contributed by atoms with Gasteiger partial charge in [0.05, 0.1) is 6.42 Å². The number of aromatic amines is 1. The first-order valence-corrected chi connectivity index (χ1v) is 14.0. The normalized spacial score (nSPS) is 12.8. The first-order chi connectivity index (χ1) is 20.6. The van der Waals surface area contributed by atoms with E-state index in [2.05, 4.69) is 20.4 Å². The Bertz CT molecular complexity index is 1540. The van der Waals surface area contributed by atoms with Crippen molar-refractivity contribution in [3.8, 4) is 5.75 Å². The zero-order valence-corrected chi connectivity index (χ0v) is 24.9. The molecule has 3 aromatic rings. The van der Waals surface area contributed by atoms with Crippen LogP contribution in [-0.4, -0.2) is 52.3 Å². The van der Waals surface area contributed by atoms with Crippen molar-refractivity contribution in [1.29, 1.82) is 0 Å². The van der Waals surface area contributed by atoms with E-state index in [4.69, 9.17) is 0 Å². The number of aromatic nitrogens is 1. The highest BCUT2D eigenvalue weighted by Gasteiger charge is 2.31. The average Bonchev–Trinajstić information content (AvgIpc) is 3.29. The van der Waals surface area contributed by atoms with Gasteiger partial charge in [-0.05, 0) is 48.8 Å². The van der Waals surface area contributed by atoms with Crippen LogP contribution in [0.5, 0.6) is 5.75 Å². The number of carboxylic acids is 1. The number of Topliss-reactive ketones (excluding diaryl/α,β-unsaturated/α-hetero) is 1. The molecule has 0 saturated heterocycles. The van der Waals surface area contributed by atoms with Crippen LogP contribution in [0.15, 0.2) is 24.3 Å². The van der Waals surface area contributed by atoms with E-state index >= 15 is 0 Å². The van der Waals surface area contributed by atoms with Crippen molar-refractivity contribution in [2.24, 2.45) is 11.8 Å². The third-order valence-electron chi connectivity index (χ3n) is 6.82. The van der Waals surface area contributed by atoms with E-state index in [-0.39, 0.29) is 30.0 Å². The molecule has 13 heteroatoms. The molecule has 238 valence electrons. The number of H-pyrrole nitrogens is 1. The van der Waals surface area contributed by atoms with Crippen molar-refractivity contribution >= 4 is 34.5 Å². The second-order valence-electron chi connectivity index (χ2n) is 11.4. The molecule has 3 rings (SSSR count). The van der Waals surface area contributed by atoms with Gasteiger partial charge in [-0.15, -0.1) is 0 Å².